The first-order valence-electron chi connectivity index (χ1n) is 7.41. The van der Waals surface area contributed by atoms with Crippen LogP contribution in [0.5, 0.6) is 5.75 Å². The van der Waals surface area contributed by atoms with Gasteiger partial charge in [-0.25, -0.2) is 4.79 Å². The minimum absolute atomic E-state index is 0.273. The average molecular weight is 319 g/mol. The van der Waals surface area contributed by atoms with Crippen molar-refractivity contribution in [3.63, 3.8) is 0 Å². The summed E-state index contributed by atoms with van der Waals surface area (Å²) in [6, 6.07) is 18.1. The number of rotatable bonds is 4. The molecule has 2 heterocycles. The van der Waals surface area contributed by atoms with Gasteiger partial charge in [-0.2, -0.15) is 9.90 Å². The highest BCUT2D eigenvalue weighted by molar-refractivity contribution is 5.77. The summed E-state index contributed by atoms with van der Waals surface area (Å²) in [6.45, 7) is 0.273. The molecule has 0 unspecified atom stereocenters. The van der Waals surface area contributed by atoms with E-state index >= 15 is 0 Å². The summed E-state index contributed by atoms with van der Waals surface area (Å²) in [5, 5.41) is 9.45. The molecular formula is C18H13N3O3. The van der Waals surface area contributed by atoms with E-state index in [4.69, 9.17) is 9.15 Å². The highest BCUT2D eigenvalue weighted by Gasteiger charge is 2.05. The zero-order valence-electron chi connectivity index (χ0n) is 12.6. The monoisotopic (exact) mass is 319 g/mol. The third-order valence-corrected chi connectivity index (χ3v) is 3.51. The first-order chi connectivity index (χ1) is 11.8. The number of hydrogen-bond acceptors (Lipinski definition) is 5. The first kappa shape index (κ1) is 14.2. The Labute approximate surface area is 136 Å². The summed E-state index contributed by atoms with van der Waals surface area (Å²) in [6.07, 6.45) is 1.66. The fourth-order valence-corrected chi connectivity index (χ4v) is 2.33. The van der Waals surface area contributed by atoms with Gasteiger partial charge in [0.15, 0.2) is 0 Å². The van der Waals surface area contributed by atoms with Crippen molar-refractivity contribution >= 4 is 11.0 Å². The molecule has 6 nitrogen and oxygen atoms in total. The fourth-order valence-electron chi connectivity index (χ4n) is 2.33. The highest BCUT2D eigenvalue weighted by Crippen LogP contribution is 2.20. The Morgan fingerprint density at radius 1 is 1.04 bits per heavy atom. The number of ether oxygens (including phenoxy) is 1. The quantitative estimate of drug-likeness (QED) is 0.541. The molecule has 0 spiro atoms. The van der Waals surface area contributed by atoms with Crippen molar-refractivity contribution in [1.82, 2.24) is 15.0 Å². The maximum atomic E-state index is 11.3. The lowest BCUT2D eigenvalue weighted by molar-refractivity contribution is 0.300. The molecule has 0 aliphatic carbocycles. The minimum atomic E-state index is -0.384. The summed E-state index contributed by atoms with van der Waals surface area (Å²) >= 11 is 0. The van der Waals surface area contributed by atoms with Crippen LogP contribution in [0.4, 0.5) is 0 Å². The molecule has 118 valence electrons. The number of para-hydroxylation sites is 1. The number of nitrogens with zero attached hydrogens (tertiary/aromatic N) is 3. The maximum Gasteiger partial charge on any atom is 0.336 e. The Morgan fingerprint density at radius 2 is 1.88 bits per heavy atom. The Bertz CT molecular complexity index is 1040. The van der Waals surface area contributed by atoms with Crippen LogP contribution in [0.1, 0.15) is 5.69 Å². The Morgan fingerprint density at radius 3 is 2.75 bits per heavy atom. The second-order valence-corrected chi connectivity index (χ2v) is 5.20. The molecule has 0 radical (unpaired) electrons. The van der Waals surface area contributed by atoms with Crippen LogP contribution in [-0.4, -0.2) is 15.0 Å². The summed E-state index contributed by atoms with van der Waals surface area (Å²) in [4.78, 5) is 12.8. The Kier molecular flexibility index (Phi) is 3.55. The fraction of sp³-hybridized carbons (Fsp3) is 0.0556. The number of hydrogen-bond donors (Lipinski definition) is 0. The lowest BCUT2D eigenvalue weighted by atomic mass is 10.2. The van der Waals surface area contributed by atoms with Crippen LogP contribution in [0.3, 0.4) is 0 Å². The molecule has 0 bridgehead atoms. The SMILES string of the molecule is O=c1ccc2ccc(OCc3cnn(-c4ccccc4)n3)cc2o1. The van der Waals surface area contributed by atoms with E-state index in [0.717, 1.165) is 11.1 Å². The van der Waals surface area contributed by atoms with Gasteiger partial charge in [-0.05, 0) is 30.3 Å². The third-order valence-electron chi connectivity index (χ3n) is 3.51. The van der Waals surface area contributed by atoms with Gasteiger partial charge in [-0.15, -0.1) is 5.10 Å². The summed E-state index contributed by atoms with van der Waals surface area (Å²) in [5.74, 6) is 0.603. The van der Waals surface area contributed by atoms with Crippen molar-refractivity contribution in [2.24, 2.45) is 0 Å². The number of benzene rings is 2. The highest BCUT2D eigenvalue weighted by atomic mass is 16.5. The molecule has 4 aromatic rings. The second-order valence-electron chi connectivity index (χ2n) is 5.20. The van der Waals surface area contributed by atoms with E-state index in [9.17, 15) is 4.79 Å². The Balaban J connectivity index is 1.51. The number of fused-ring (bicyclic) bond motifs is 1. The summed E-state index contributed by atoms with van der Waals surface area (Å²) in [5.41, 5.74) is 1.70. The number of aromatic nitrogens is 3. The van der Waals surface area contributed by atoms with E-state index in [1.54, 1.807) is 23.1 Å². The lowest BCUT2D eigenvalue weighted by Gasteiger charge is -2.04. The molecule has 24 heavy (non-hydrogen) atoms. The van der Waals surface area contributed by atoms with Crippen molar-refractivity contribution in [2.45, 2.75) is 6.61 Å². The smallest absolute Gasteiger partial charge is 0.336 e. The van der Waals surface area contributed by atoms with Crippen LogP contribution < -0.4 is 10.4 Å². The van der Waals surface area contributed by atoms with E-state index in [0.29, 0.717) is 17.0 Å². The normalized spacial score (nSPS) is 10.8. The van der Waals surface area contributed by atoms with Crippen LogP contribution >= 0.6 is 0 Å². The van der Waals surface area contributed by atoms with Gasteiger partial charge < -0.3 is 9.15 Å². The van der Waals surface area contributed by atoms with Gasteiger partial charge in [0.1, 0.15) is 23.6 Å². The van der Waals surface area contributed by atoms with Crippen LogP contribution in [0, 0.1) is 0 Å². The summed E-state index contributed by atoms with van der Waals surface area (Å²) < 4.78 is 10.9. The van der Waals surface area contributed by atoms with Crippen LogP contribution in [0.2, 0.25) is 0 Å². The predicted molar refractivity (Wildman–Crippen MR) is 88.2 cm³/mol. The third kappa shape index (κ3) is 2.89. The van der Waals surface area contributed by atoms with Crippen molar-refractivity contribution in [3.05, 3.63) is 83.0 Å². The average Bonchev–Trinajstić information content (AvgIpc) is 3.09. The van der Waals surface area contributed by atoms with Gasteiger partial charge >= 0.3 is 5.63 Å². The maximum absolute atomic E-state index is 11.3. The van der Waals surface area contributed by atoms with E-state index < -0.39 is 0 Å². The zero-order chi connectivity index (χ0) is 16.4. The van der Waals surface area contributed by atoms with E-state index in [1.165, 1.54) is 6.07 Å². The van der Waals surface area contributed by atoms with E-state index in [1.807, 2.05) is 42.5 Å². The van der Waals surface area contributed by atoms with Crippen molar-refractivity contribution in [3.8, 4) is 11.4 Å². The molecule has 0 saturated carbocycles. The van der Waals surface area contributed by atoms with E-state index in [2.05, 4.69) is 10.2 Å². The van der Waals surface area contributed by atoms with Crippen molar-refractivity contribution in [2.75, 3.05) is 0 Å². The lowest BCUT2D eigenvalue weighted by Crippen LogP contribution is -2.01. The van der Waals surface area contributed by atoms with Gasteiger partial charge in [0.2, 0.25) is 0 Å². The van der Waals surface area contributed by atoms with Gasteiger partial charge in [0.05, 0.1) is 11.9 Å². The predicted octanol–water partition coefficient (Wildman–Crippen LogP) is 2.95. The van der Waals surface area contributed by atoms with Crippen LogP contribution in [-0.2, 0) is 6.61 Å². The molecule has 0 fully saturated rings. The largest absolute Gasteiger partial charge is 0.487 e. The van der Waals surface area contributed by atoms with Crippen LogP contribution in [0.25, 0.3) is 16.7 Å². The second kappa shape index (κ2) is 6.00. The minimum Gasteiger partial charge on any atom is -0.487 e. The molecule has 2 aromatic heterocycles. The molecule has 0 aliphatic heterocycles. The molecule has 4 rings (SSSR count). The van der Waals surface area contributed by atoms with Crippen molar-refractivity contribution < 1.29 is 9.15 Å². The van der Waals surface area contributed by atoms with Crippen molar-refractivity contribution in [1.29, 1.82) is 0 Å². The van der Waals surface area contributed by atoms with Gasteiger partial charge in [0.25, 0.3) is 0 Å². The first-order valence-corrected chi connectivity index (χ1v) is 7.41. The summed E-state index contributed by atoms with van der Waals surface area (Å²) in [7, 11) is 0. The van der Waals surface area contributed by atoms with Gasteiger partial charge in [-0.1, -0.05) is 18.2 Å². The molecular weight excluding hydrogens is 306 g/mol. The van der Waals surface area contributed by atoms with Crippen LogP contribution in [0.15, 0.2) is 76.1 Å². The van der Waals surface area contributed by atoms with Gasteiger partial charge in [-0.3, -0.25) is 0 Å². The zero-order valence-corrected chi connectivity index (χ0v) is 12.6. The topological polar surface area (TPSA) is 70.2 Å². The molecule has 0 N–H and O–H groups in total. The van der Waals surface area contributed by atoms with Gasteiger partial charge in [0, 0.05) is 17.5 Å². The Hall–Kier alpha value is -3.41. The molecule has 2 aromatic carbocycles. The molecule has 6 heteroatoms. The molecule has 0 atom stereocenters. The molecule has 0 aliphatic rings. The standard InChI is InChI=1S/C18H13N3O3/c22-18-9-7-13-6-8-16(10-17(13)24-18)23-12-14-11-19-21(20-14)15-4-2-1-3-5-15/h1-11H,12H2. The van der Waals surface area contributed by atoms with E-state index in [-0.39, 0.29) is 12.2 Å². The molecule has 0 amide bonds. The molecule has 0 saturated heterocycles.